The molecule has 0 saturated heterocycles. The standard InChI is InChI=1S/C26H28N2O5S/c1-17-6-7-19(3)24(14-17)28(34(5,31)32)16-20-9-12-21(13-10-20)25(29)27-23-15-22(26(30)33-4)11-8-18(23)2/h6-15H,16H2,1-5H3,(H,27,29). The molecule has 0 aliphatic heterocycles. The number of hydrogen-bond acceptors (Lipinski definition) is 5. The van der Waals surface area contributed by atoms with E-state index in [1.807, 2.05) is 39.0 Å². The van der Waals surface area contributed by atoms with E-state index in [9.17, 15) is 18.0 Å². The first kappa shape index (κ1) is 25.0. The maximum absolute atomic E-state index is 12.8. The maximum Gasteiger partial charge on any atom is 0.337 e. The third-order valence-corrected chi connectivity index (χ3v) is 6.61. The molecule has 1 N–H and O–H groups in total. The third kappa shape index (κ3) is 5.82. The van der Waals surface area contributed by atoms with Crippen LogP contribution in [0, 0.1) is 20.8 Å². The molecule has 0 saturated carbocycles. The second-order valence-corrected chi connectivity index (χ2v) is 10.1. The van der Waals surface area contributed by atoms with Gasteiger partial charge in [-0.15, -0.1) is 0 Å². The SMILES string of the molecule is COC(=O)c1ccc(C)c(NC(=O)c2ccc(CN(c3cc(C)ccc3C)S(C)(=O)=O)cc2)c1. The number of hydrogen-bond donors (Lipinski definition) is 1. The van der Waals surface area contributed by atoms with Crippen molar-refractivity contribution in [2.75, 3.05) is 23.0 Å². The molecule has 0 aromatic heterocycles. The van der Waals surface area contributed by atoms with Crippen LogP contribution in [0.1, 0.15) is 43.0 Å². The Bertz CT molecular complexity index is 1330. The van der Waals surface area contributed by atoms with Crippen molar-refractivity contribution in [2.24, 2.45) is 0 Å². The van der Waals surface area contributed by atoms with Crippen LogP contribution in [-0.4, -0.2) is 33.7 Å². The number of methoxy groups -OCH3 is 1. The molecule has 0 atom stereocenters. The lowest BCUT2D eigenvalue weighted by Crippen LogP contribution is -2.30. The highest BCUT2D eigenvalue weighted by Crippen LogP contribution is 2.26. The Balaban J connectivity index is 1.81. The Labute approximate surface area is 200 Å². The van der Waals surface area contributed by atoms with Crippen molar-refractivity contribution < 1.29 is 22.7 Å². The number of anilines is 2. The molecular weight excluding hydrogens is 452 g/mol. The fraction of sp³-hybridized carbons (Fsp3) is 0.231. The predicted molar refractivity (Wildman–Crippen MR) is 134 cm³/mol. The van der Waals surface area contributed by atoms with Crippen LogP contribution in [0.2, 0.25) is 0 Å². The van der Waals surface area contributed by atoms with Crippen molar-refractivity contribution >= 4 is 33.3 Å². The van der Waals surface area contributed by atoms with Crippen molar-refractivity contribution in [3.05, 3.63) is 94.0 Å². The van der Waals surface area contributed by atoms with Crippen LogP contribution in [0.25, 0.3) is 0 Å². The van der Waals surface area contributed by atoms with Crippen LogP contribution in [0.15, 0.2) is 60.7 Å². The van der Waals surface area contributed by atoms with E-state index in [4.69, 9.17) is 4.74 Å². The van der Waals surface area contributed by atoms with Gasteiger partial charge in [-0.05, 0) is 73.4 Å². The molecule has 0 fully saturated rings. The summed E-state index contributed by atoms with van der Waals surface area (Å²) in [5.41, 5.74) is 5.25. The molecule has 7 nitrogen and oxygen atoms in total. The van der Waals surface area contributed by atoms with E-state index in [0.29, 0.717) is 22.5 Å². The average Bonchev–Trinajstić information content (AvgIpc) is 2.79. The minimum Gasteiger partial charge on any atom is -0.465 e. The zero-order valence-electron chi connectivity index (χ0n) is 19.9. The fourth-order valence-electron chi connectivity index (χ4n) is 3.49. The first-order valence-corrected chi connectivity index (χ1v) is 12.5. The maximum atomic E-state index is 12.8. The molecule has 0 aliphatic carbocycles. The number of rotatable bonds is 7. The average molecular weight is 481 g/mol. The molecule has 1 amide bonds. The molecule has 0 unspecified atom stereocenters. The van der Waals surface area contributed by atoms with Crippen LogP contribution in [-0.2, 0) is 21.3 Å². The van der Waals surface area contributed by atoms with E-state index in [0.717, 1.165) is 22.3 Å². The summed E-state index contributed by atoms with van der Waals surface area (Å²) < 4.78 is 31.2. The number of nitrogens with one attached hydrogen (secondary N) is 1. The van der Waals surface area contributed by atoms with Gasteiger partial charge in [0.25, 0.3) is 5.91 Å². The summed E-state index contributed by atoms with van der Waals surface area (Å²) in [7, 11) is -2.23. The van der Waals surface area contributed by atoms with Crippen molar-refractivity contribution in [2.45, 2.75) is 27.3 Å². The molecule has 8 heteroatoms. The topological polar surface area (TPSA) is 92.8 Å². The number of benzene rings is 3. The van der Waals surface area contributed by atoms with E-state index < -0.39 is 16.0 Å². The molecule has 0 radical (unpaired) electrons. The lowest BCUT2D eigenvalue weighted by molar-refractivity contribution is 0.0600. The van der Waals surface area contributed by atoms with Crippen molar-refractivity contribution in [3.8, 4) is 0 Å². The molecule has 0 heterocycles. The Morgan fingerprint density at radius 2 is 1.50 bits per heavy atom. The summed E-state index contributed by atoms with van der Waals surface area (Å²) in [6.45, 7) is 5.76. The largest absolute Gasteiger partial charge is 0.465 e. The molecule has 3 aromatic carbocycles. The first-order chi connectivity index (χ1) is 16.0. The summed E-state index contributed by atoms with van der Waals surface area (Å²) in [5.74, 6) is -0.828. The Kier molecular flexibility index (Phi) is 7.41. The number of nitrogens with zero attached hydrogens (tertiary/aromatic N) is 1. The highest BCUT2D eigenvalue weighted by molar-refractivity contribution is 7.92. The third-order valence-electron chi connectivity index (χ3n) is 5.48. The van der Waals surface area contributed by atoms with Gasteiger partial charge in [0.05, 0.1) is 31.2 Å². The summed E-state index contributed by atoms with van der Waals surface area (Å²) in [6, 6.07) is 17.4. The van der Waals surface area contributed by atoms with Crippen LogP contribution in [0.3, 0.4) is 0 Å². The molecule has 3 aromatic rings. The molecule has 0 aliphatic rings. The Morgan fingerprint density at radius 1 is 0.882 bits per heavy atom. The summed E-state index contributed by atoms with van der Waals surface area (Å²) >= 11 is 0. The Morgan fingerprint density at radius 3 is 2.12 bits per heavy atom. The van der Waals surface area contributed by atoms with Gasteiger partial charge >= 0.3 is 5.97 Å². The van der Waals surface area contributed by atoms with E-state index in [1.165, 1.54) is 17.7 Å². The van der Waals surface area contributed by atoms with Crippen LogP contribution < -0.4 is 9.62 Å². The number of esters is 1. The Hall–Kier alpha value is -3.65. The van der Waals surface area contributed by atoms with Crippen molar-refractivity contribution in [3.63, 3.8) is 0 Å². The van der Waals surface area contributed by atoms with Gasteiger partial charge in [-0.3, -0.25) is 9.10 Å². The molecule has 3 rings (SSSR count). The fourth-order valence-corrected chi connectivity index (χ4v) is 4.43. The van der Waals surface area contributed by atoms with Gasteiger partial charge in [0.1, 0.15) is 0 Å². The highest BCUT2D eigenvalue weighted by Gasteiger charge is 2.20. The van der Waals surface area contributed by atoms with Crippen LogP contribution in [0.5, 0.6) is 0 Å². The number of sulfonamides is 1. The van der Waals surface area contributed by atoms with Gasteiger partial charge in [0, 0.05) is 11.3 Å². The summed E-state index contributed by atoms with van der Waals surface area (Å²) in [5, 5.41) is 2.82. The molecule has 0 bridgehead atoms. The quantitative estimate of drug-likeness (QED) is 0.498. The lowest BCUT2D eigenvalue weighted by Gasteiger charge is -2.25. The monoisotopic (exact) mass is 480 g/mol. The van der Waals surface area contributed by atoms with Crippen LogP contribution in [0.4, 0.5) is 11.4 Å². The summed E-state index contributed by atoms with van der Waals surface area (Å²) in [6.07, 6.45) is 1.18. The van der Waals surface area contributed by atoms with E-state index in [1.54, 1.807) is 42.5 Å². The molecule has 0 spiro atoms. The molecular formula is C26H28N2O5S. The van der Waals surface area contributed by atoms with E-state index in [-0.39, 0.29) is 12.5 Å². The zero-order valence-corrected chi connectivity index (χ0v) is 20.7. The van der Waals surface area contributed by atoms with Crippen molar-refractivity contribution in [1.29, 1.82) is 0 Å². The first-order valence-electron chi connectivity index (χ1n) is 10.6. The van der Waals surface area contributed by atoms with Gasteiger partial charge in [-0.25, -0.2) is 13.2 Å². The van der Waals surface area contributed by atoms with Gasteiger partial charge in [-0.1, -0.05) is 30.3 Å². The molecule has 178 valence electrons. The van der Waals surface area contributed by atoms with E-state index >= 15 is 0 Å². The predicted octanol–water partition coefficient (Wildman–Crippen LogP) is 4.62. The van der Waals surface area contributed by atoms with Gasteiger partial charge < -0.3 is 10.1 Å². The number of carbonyl (C=O) groups is 2. The van der Waals surface area contributed by atoms with Crippen LogP contribution >= 0.6 is 0 Å². The number of aryl methyl sites for hydroxylation is 3. The van der Waals surface area contributed by atoms with Gasteiger partial charge in [-0.2, -0.15) is 0 Å². The number of amides is 1. The summed E-state index contributed by atoms with van der Waals surface area (Å²) in [4.78, 5) is 24.6. The normalized spacial score (nSPS) is 11.1. The second kappa shape index (κ2) is 10.1. The smallest absolute Gasteiger partial charge is 0.337 e. The number of carbonyl (C=O) groups excluding carboxylic acids is 2. The minimum atomic E-state index is -3.52. The van der Waals surface area contributed by atoms with E-state index in [2.05, 4.69) is 5.32 Å². The minimum absolute atomic E-state index is 0.144. The number of ether oxygens (including phenoxy) is 1. The zero-order chi connectivity index (χ0) is 25.0. The highest BCUT2D eigenvalue weighted by atomic mass is 32.2. The lowest BCUT2D eigenvalue weighted by atomic mass is 10.1. The second-order valence-electron chi connectivity index (χ2n) is 8.23. The van der Waals surface area contributed by atoms with Gasteiger partial charge in [0.15, 0.2) is 0 Å². The van der Waals surface area contributed by atoms with Gasteiger partial charge in [0.2, 0.25) is 10.0 Å². The van der Waals surface area contributed by atoms with Crippen molar-refractivity contribution in [1.82, 2.24) is 0 Å². The molecule has 34 heavy (non-hydrogen) atoms.